The van der Waals surface area contributed by atoms with E-state index in [4.69, 9.17) is 5.73 Å². The number of hydrogen-bond donors (Lipinski definition) is 2. The number of nitrogens with one attached hydrogen (secondary N) is 1. The Bertz CT molecular complexity index is 850. The van der Waals surface area contributed by atoms with Crippen LogP contribution in [0.5, 0.6) is 0 Å². The third-order valence-electron chi connectivity index (χ3n) is 6.13. The van der Waals surface area contributed by atoms with E-state index in [0.717, 1.165) is 18.9 Å². The molecule has 2 saturated heterocycles. The number of piperidine rings is 1. The number of carbonyl (C=O) groups excluding carboxylic acids is 2. The van der Waals surface area contributed by atoms with Gasteiger partial charge in [0.1, 0.15) is 10.6 Å². The SMILES string of the molecule is CC(C)(C)[S@+]([O-])N[C@H](Cc1cc(F)c(F)cc1F)C1CC2CCC(C1)N2C(=O)C(N)=O. The first-order valence-electron chi connectivity index (χ1n) is 10.3. The van der Waals surface area contributed by atoms with E-state index in [1.54, 1.807) is 20.8 Å². The Hall–Kier alpha value is -1.78. The van der Waals surface area contributed by atoms with Gasteiger partial charge in [-0.25, -0.2) is 13.2 Å². The molecule has 172 valence electrons. The summed E-state index contributed by atoms with van der Waals surface area (Å²) in [5.41, 5.74) is 5.17. The Kier molecular flexibility index (Phi) is 6.93. The van der Waals surface area contributed by atoms with Crippen molar-refractivity contribution in [2.24, 2.45) is 11.7 Å². The first kappa shape index (κ1) is 23.9. The molecule has 2 bridgehead atoms. The van der Waals surface area contributed by atoms with Gasteiger partial charge in [-0.05, 0) is 70.4 Å². The summed E-state index contributed by atoms with van der Waals surface area (Å²) in [6.07, 6.45) is 2.47. The molecule has 2 aliphatic rings. The molecule has 2 heterocycles. The highest BCUT2D eigenvalue weighted by atomic mass is 32.2. The number of fused-ring (bicyclic) bond motifs is 2. The van der Waals surface area contributed by atoms with Crippen LogP contribution in [0.25, 0.3) is 0 Å². The van der Waals surface area contributed by atoms with E-state index in [1.807, 2.05) is 0 Å². The van der Waals surface area contributed by atoms with Gasteiger partial charge in [-0.1, -0.05) is 0 Å². The lowest BCUT2D eigenvalue weighted by Crippen LogP contribution is -2.55. The quantitative estimate of drug-likeness (QED) is 0.401. The van der Waals surface area contributed by atoms with Crippen LogP contribution in [-0.4, -0.2) is 44.1 Å². The maximum atomic E-state index is 14.3. The summed E-state index contributed by atoms with van der Waals surface area (Å²) in [7, 11) is 0. The number of carbonyl (C=O) groups is 2. The van der Waals surface area contributed by atoms with Crippen LogP contribution in [0.2, 0.25) is 0 Å². The van der Waals surface area contributed by atoms with Crippen LogP contribution in [0.1, 0.15) is 52.0 Å². The van der Waals surface area contributed by atoms with Crippen LogP contribution in [0.15, 0.2) is 12.1 Å². The molecule has 3 rings (SSSR count). The number of halogens is 3. The molecule has 2 unspecified atom stereocenters. The van der Waals surface area contributed by atoms with Crippen molar-refractivity contribution < 1.29 is 27.3 Å². The number of primary amides is 1. The second kappa shape index (κ2) is 8.99. The molecule has 2 amide bonds. The van der Waals surface area contributed by atoms with Crippen molar-refractivity contribution in [2.45, 2.75) is 75.7 Å². The summed E-state index contributed by atoms with van der Waals surface area (Å²) >= 11 is -1.48. The Balaban J connectivity index is 1.85. The summed E-state index contributed by atoms with van der Waals surface area (Å²) < 4.78 is 56.7. The maximum absolute atomic E-state index is 14.3. The Morgan fingerprint density at radius 2 is 1.71 bits per heavy atom. The third kappa shape index (κ3) is 5.18. The topological polar surface area (TPSA) is 98.5 Å². The fraction of sp³-hybridized carbons (Fsp3) is 0.619. The molecule has 0 radical (unpaired) electrons. The standard InChI is InChI=1S/C21H28F3N3O3S/c1-21(2,3)31(30)26-18(9-11-8-16(23)17(24)10-15(11)22)12-6-13-4-5-14(7-12)27(13)20(29)19(25)28/h8,10,12-14,18,26H,4-7,9H2,1-3H3,(H2,25,28)/t12?,13?,14?,18-,31+/m1/s1. The Morgan fingerprint density at radius 1 is 1.16 bits per heavy atom. The largest absolute Gasteiger partial charge is 0.598 e. The van der Waals surface area contributed by atoms with E-state index < -0.39 is 51.4 Å². The highest BCUT2D eigenvalue weighted by molar-refractivity contribution is 7.90. The van der Waals surface area contributed by atoms with Gasteiger partial charge < -0.3 is 15.2 Å². The Morgan fingerprint density at radius 3 is 2.23 bits per heavy atom. The van der Waals surface area contributed by atoms with Crippen molar-refractivity contribution >= 4 is 23.2 Å². The van der Waals surface area contributed by atoms with Crippen molar-refractivity contribution in [3.05, 3.63) is 35.1 Å². The molecule has 0 aliphatic carbocycles. The van der Waals surface area contributed by atoms with Crippen molar-refractivity contribution in [2.75, 3.05) is 0 Å². The minimum absolute atomic E-state index is 0.00898. The van der Waals surface area contributed by atoms with Gasteiger partial charge in [0.05, 0.1) is 6.04 Å². The van der Waals surface area contributed by atoms with Gasteiger partial charge in [0, 0.05) is 29.5 Å². The Labute approximate surface area is 183 Å². The van der Waals surface area contributed by atoms with E-state index in [-0.39, 0.29) is 30.0 Å². The second-order valence-corrected chi connectivity index (χ2v) is 11.4. The first-order valence-corrected chi connectivity index (χ1v) is 11.5. The predicted molar refractivity (Wildman–Crippen MR) is 110 cm³/mol. The van der Waals surface area contributed by atoms with Gasteiger partial charge in [0.25, 0.3) is 0 Å². The number of rotatable bonds is 5. The molecule has 2 aliphatic heterocycles. The summed E-state index contributed by atoms with van der Waals surface area (Å²) in [6, 6.07) is 0.477. The van der Waals surface area contributed by atoms with Crippen LogP contribution in [0.4, 0.5) is 13.2 Å². The average molecular weight is 460 g/mol. The van der Waals surface area contributed by atoms with Crippen LogP contribution in [-0.2, 0) is 27.4 Å². The fourth-order valence-corrected chi connectivity index (χ4v) is 5.49. The van der Waals surface area contributed by atoms with Gasteiger partial charge in [-0.2, -0.15) is 0 Å². The minimum atomic E-state index is -1.48. The summed E-state index contributed by atoms with van der Waals surface area (Å²) in [5.74, 6) is -5.08. The summed E-state index contributed by atoms with van der Waals surface area (Å²) in [4.78, 5) is 25.1. The molecule has 0 spiro atoms. The molecule has 0 saturated carbocycles. The van der Waals surface area contributed by atoms with Crippen LogP contribution >= 0.6 is 0 Å². The monoisotopic (exact) mass is 459 g/mol. The van der Waals surface area contributed by atoms with Crippen molar-refractivity contribution in [3.8, 4) is 0 Å². The lowest BCUT2D eigenvalue weighted by Gasteiger charge is -2.41. The summed E-state index contributed by atoms with van der Waals surface area (Å²) in [5, 5.41) is 0. The zero-order valence-corrected chi connectivity index (χ0v) is 18.6. The third-order valence-corrected chi connectivity index (χ3v) is 7.76. The van der Waals surface area contributed by atoms with Gasteiger partial charge in [0.2, 0.25) is 0 Å². The molecule has 10 heteroatoms. The van der Waals surface area contributed by atoms with E-state index in [9.17, 15) is 27.3 Å². The lowest BCUT2D eigenvalue weighted by atomic mass is 9.82. The summed E-state index contributed by atoms with van der Waals surface area (Å²) in [6.45, 7) is 5.38. The molecule has 31 heavy (non-hydrogen) atoms. The zero-order chi connectivity index (χ0) is 23.1. The molecule has 2 fully saturated rings. The molecular weight excluding hydrogens is 431 g/mol. The molecule has 0 aromatic heterocycles. The molecular formula is C21H28F3N3O3S. The van der Waals surface area contributed by atoms with Gasteiger partial charge >= 0.3 is 11.8 Å². The highest BCUT2D eigenvalue weighted by Gasteiger charge is 2.47. The van der Waals surface area contributed by atoms with Crippen molar-refractivity contribution in [3.63, 3.8) is 0 Å². The smallest absolute Gasteiger partial charge is 0.312 e. The molecule has 3 N–H and O–H groups in total. The van der Waals surface area contributed by atoms with Gasteiger partial charge in [-0.15, -0.1) is 4.72 Å². The number of nitrogens with two attached hydrogens (primary N) is 1. The molecule has 4 atom stereocenters. The second-order valence-electron chi connectivity index (χ2n) is 9.36. The van der Waals surface area contributed by atoms with E-state index in [2.05, 4.69) is 4.72 Å². The van der Waals surface area contributed by atoms with Crippen LogP contribution in [0.3, 0.4) is 0 Å². The first-order chi connectivity index (χ1) is 14.4. The number of benzene rings is 1. The minimum Gasteiger partial charge on any atom is -0.598 e. The van der Waals surface area contributed by atoms with E-state index >= 15 is 0 Å². The lowest BCUT2D eigenvalue weighted by molar-refractivity contribution is -0.147. The number of hydrogen-bond acceptors (Lipinski definition) is 4. The molecule has 1 aromatic rings. The van der Waals surface area contributed by atoms with E-state index in [1.165, 1.54) is 4.90 Å². The maximum Gasteiger partial charge on any atom is 0.312 e. The van der Waals surface area contributed by atoms with Gasteiger partial charge in [-0.3, -0.25) is 9.59 Å². The van der Waals surface area contributed by atoms with Crippen LogP contribution < -0.4 is 10.5 Å². The van der Waals surface area contributed by atoms with Crippen LogP contribution in [0, 0.1) is 23.4 Å². The molecule has 6 nitrogen and oxygen atoms in total. The predicted octanol–water partition coefficient (Wildman–Crippen LogP) is 2.32. The highest BCUT2D eigenvalue weighted by Crippen LogP contribution is 2.41. The normalized spacial score (nSPS) is 25.4. The number of nitrogens with zero attached hydrogens (tertiary/aromatic N) is 1. The van der Waals surface area contributed by atoms with E-state index in [0.29, 0.717) is 18.9 Å². The fourth-order valence-electron chi connectivity index (χ4n) is 4.58. The number of amides is 2. The van der Waals surface area contributed by atoms with Crippen molar-refractivity contribution in [1.82, 2.24) is 9.62 Å². The average Bonchev–Trinajstić information content (AvgIpc) is 2.92. The zero-order valence-electron chi connectivity index (χ0n) is 17.8. The van der Waals surface area contributed by atoms with Crippen molar-refractivity contribution in [1.29, 1.82) is 0 Å². The molecule has 1 aromatic carbocycles. The van der Waals surface area contributed by atoms with Gasteiger partial charge in [0.15, 0.2) is 11.6 Å².